The van der Waals surface area contributed by atoms with Gasteiger partial charge in [-0.3, -0.25) is 9.69 Å². The molecule has 0 amide bonds. The summed E-state index contributed by atoms with van der Waals surface area (Å²) in [7, 11) is 0. The molecule has 11 heteroatoms. The van der Waals surface area contributed by atoms with Crippen LogP contribution in [0.15, 0.2) is 42.5 Å². The fourth-order valence-electron chi connectivity index (χ4n) is 4.38. The van der Waals surface area contributed by atoms with Crippen molar-refractivity contribution in [2.24, 2.45) is 0 Å². The molecule has 2 heterocycles. The van der Waals surface area contributed by atoms with Crippen molar-refractivity contribution >= 4 is 29.8 Å². The number of carbonyl (C=O) groups excluding carboxylic acids is 1. The van der Waals surface area contributed by atoms with Crippen LogP contribution in [0.5, 0.6) is 0 Å². The van der Waals surface area contributed by atoms with Gasteiger partial charge in [-0.05, 0) is 37.1 Å². The van der Waals surface area contributed by atoms with Crippen molar-refractivity contribution in [2.45, 2.75) is 36.7 Å². The monoisotopic (exact) mass is 489 g/mol. The van der Waals surface area contributed by atoms with Crippen LogP contribution in [0.3, 0.4) is 0 Å². The maximum atomic E-state index is 13.6. The summed E-state index contributed by atoms with van der Waals surface area (Å²) >= 11 is 4.44. The van der Waals surface area contributed by atoms with E-state index < -0.39 is 29.0 Å². The highest BCUT2D eigenvalue weighted by atomic mass is 32.1. The minimum atomic E-state index is -4.50. The third-order valence-electron chi connectivity index (χ3n) is 6.00. The van der Waals surface area contributed by atoms with Gasteiger partial charge >= 0.3 is 12.4 Å². The summed E-state index contributed by atoms with van der Waals surface area (Å²) in [6.45, 7) is 0.972. The number of anilines is 2. The molecule has 2 aromatic carbocycles. The largest absolute Gasteiger partial charge is 0.418 e. The highest BCUT2D eigenvalue weighted by Crippen LogP contribution is 2.47. The first-order chi connectivity index (χ1) is 15.4. The van der Waals surface area contributed by atoms with E-state index in [0.717, 1.165) is 30.3 Å². The molecule has 0 radical (unpaired) electrons. The maximum Gasteiger partial charge on any atom is 0.418 e. The van der Waals surface area contributed by atoms with Crippen LogP contribution in [-0.2, 0) is 12.4 Å². The number of hydrogen-bond donors (Lipinski definition) is 2. The van der Waals surface area contributed by atoms with E-state index in [1.54, 1.807) is 11.0 Å². The number of ketones is 1. The second-order valence-corrected chi connectivity index (χ2v) is 8.62. The van der Waals surface area contributed by atoms with E-state index in [9.17, 15) is 31.1 Å². The molecule has 178 valence electrons. The lowest BCUT2D eigenvalue weighted by Gasteiger charge is -2.39. The van der Waals surface area contributed by atoms with Gasteiger partial charge < -0.3 is 10.2 Å². The first-order valence-electron chi connectivity index (χ1n) is 10.3. The molecule has 1 N–H and O–H groups in total. The van der Waals surface area contributed by atoms with E-state index in [0.29, 0.717) is 31.6 Å². The fraction of sp³-hybridized carbons (Fsp3) is 0.409. The first kappa shape index (κ1) is 23.7. The lowest BCUT2D eigenvalue weighted by molar-refractivity contribution is -0.138. The zero-order chi connectivity index (χ0) is 24.0. The molecule has 0 bridgehead atoms. The molecule has 1 unspecified atom stereocenters. The Labute approximate surface area is 192 Å². The van der Waals surface area contributed by atoms with Gasteiger partial charge in [0.1, 0.15) is 5.50 Å². The van der Waals surface area contributed by atoms with Gasteiger partial charge in [0, 0.05) is 24.7 Å². The van der Waals surface area contributed by atoms with Crippen LogP contribution >= 0.6 is 12.6 Å². The predicted molar refractivity (Wildman–Crippen MR) is 116 cm³/mol. The van der Waals surface area contributed by atoms with Gasteiger partial charge in [-0.2, -0.15) is 26.3 Å². The summed E-state index contributed by atoms with van der Waals surface area (Å²) in [5.41, 5.74) is -1.49. The molecule has 0 aromatic heterocycles. The number of alkyl halides is 6. The molecule has 0 spiro atoms. The van der Waals surface area contributed by atoms with Gasteiger partial charge in [0.15, 0.2) is 5.78 Å². The Morgan fingerprint density at radius 1 is 0.970 bits per heavy atom. The van der Waals surface area contributed by atoms with Crippen LogP contribution in [-0.4, -0.2) is 41.9 Å². The smallest absolute Gasteiger partial charge is 0.355 e. The average Bonchev–Trinajstić information content (AvgIpc) is 3.08. The molecule has 33 heavy (non-hydrogen) atoms. The van der Waals surface area contributed by atoms with Crippen molar-refractivity contribution in [3.63, 3.8) is 0 Å². The van der Waals surface area contributed by atoms with E-state index in [1.807, 2.05) is 4.90 Å². The second kappa shape index (κ2) is 8.75. The van der Waals surface area contributed by atoms with Gasteiger partial charge in [0.05, 0.1) is 29.0 Å². The van der Waals surface area contributed by atoms with Gasteiger partial charge in [-0.25, -0.2) is 0 Å². The molecule has 2 aliphatic rings. The summed E-state index contributed by atoms with van der Waals surface area (Å²) in [5, 5.41) is 2.98. The Kier molecular flexibility index (Phi) is 6.30. The summed E-state index contributed by atoms with van der Waals surface area (Å²) in [6, 6.07) is 7.87. The Balaban J connectivity index is 1.41. The Morgan fingerprint density at radius 3 is 2.18 bits per heavy atom. The first-order valence-corrected chi connectivity index (χ1v) is 10.8. The van der Waals surface area contributed by atoms with Gasteiger partial charge in [0.2, 0.25) is 0 Å². The summed E-state index contributed by atoms with van der Waals surface area (Å²) in [6.07, 6.45) is -7.93. The van der Waals surface area contributed by atoms with Crippen LogP contribution < -0.4 is 10.2 Å². The minimum absolute atomic E-state index is 0.0328. The molecule has 0 aliphatic carbocycles. The van der Waals surface area contributed by atoms with Crippen LogP contribution in [0.1, 0.15) is 34.3 Å². The van der Waals surface area contributed by atoms with Crippen LogP contribution in [0.25, 0.3) is 0 Å². The topological polar surface area (TPSA) is 35.6 Å². The Hall–Kier alpha value is -2.40. The van der Waals surface area contributed by atoms with Gasteiger partial charge in [-0.1, -0.05) is 18.2 Å². The number of nitrogens with zero attached hydrogens (tertiary/aromatic N) is 2. The summed E-state index contributed by atoms with van der Waals surface area (Å²) < 4.78 is 78.8. The maximum absolute atomic E-state index is 13.6. The lowest BCUT2D eigenvalue weighted by Crippen LogP contribution is -2.48. The fourth-order valence-corrected chi connectivity index (χ4v) is 4.82. The van der Waals surface area contributed by atoms with Crippen LogP contribution in [0.2, 0.25) is 0 Å². The molecule has 0 saturated carbocycles. The molecule has 1 saturated heterocycles. The molecule has 2 aliphatic heterocycles. The Bertz CT molecular complexity index is 1020. The number of fused-ring (bicyclic) bond motifs is 1. The number of halogens is 6. The predicted octanol–water partition coefficient (Wildman–Crippen LogP) is 5.52. The molecule has 2 aromatic rings. The number of hydrogen-bond acceptors (Lipinski definition) is 5. The quantitative estimate of drug-likeness (QED) is 0.337. The summed E-state index contributed by atoms with van der Waals surface area (Å²) in [4.78, 5) is 16.0. The van der Waals surface area contributed by atoms with Gasteiger partial charge in [0.25, 0.3) is 0 Å². The number of Topliss-reactive ketones (excluding diaryl/α,β-unsaturated/α-hetero) is 1. The lowest BCUT2D eigenvalue weighted by atomic mass is 10.0. The average molecular weight is 489 g/mol. The molecular weight excluding hydrogens is 468 g/mol. The van der Waals surface area contributed by atoms with Crippen molar-refractivity contribution in [3.05, 3.63) is 59.2 Å². The van der Waals surface area contributed by atoms with E-state index in [-0.39, 0.29) is 29.6 Å². The SMILES string of the molecule is O=C(CN1CCC(N2c3c(cccc3C(F)(F)F)NC2S)CC1)c1ccc(C(F)(F)F)cc1. The third kappa shape index (κ3) is 4.93. The number of nitrogens with one attached hydrogen (secondary N) is 1. The van der Waals surface area contributed by atoms with Crippen molar-refractivity contribution in [1.29, 1.82) is 0 Å². The zero-order valence-electron chi connectivity index (χ0n) is 17.2. The zero-order valence-corrected chi connectivity index (χ0v) is 18.1. The molecule has 4 rings (SSSR count). The van der Waals surface area contributed by atoms with Crippen molar-refractivity contribution in [1.82, 2.24) is 4.90 Å². The van der Waals surface area contributed by atoms with Gasteiger partial charge in [-0.15, -0.1) is 12.6 Å². The summed E-state index contributed by atoms with van der Waals surface area (Å²) in [5.74, 6) is -0.304. The van der Waals surface area contributed by atoms with Crippen LogP contribution in [0.4, 0.5) is 37.7 Å². The number of carbonyl (C=O) groups is 1. The highest BCUT2D eigenvalue weighted by Gasteiger charge is 2.42. The molecular formula is C22H21F6N3OS. The number of thiol groups is 1. The van der Waals surface area contributed by atoms with Crippen LogP contribution in [0, 0.1) is 0 Å². The number of rotatable bonds is 4. The normalized spacial score (nSPS) is 20.0. The van der Waals surface area contributed by atoms with E-state index in [4.69, 9.17) is 0 Å². The number of piperidine rings is 1. The third-order valence-corrected chi connectivity index (χ3v) is 6.38. The van der Waals surface area contributed by atoms with E-state index >= 15 is 0 Å². The van der Waals surface area contributed by atoms with Crippen molar-refractivity contribution in [3.8, 4) is 0 Å². The second-order valence-electron chi connectivity index (χ2n) is 8.13. The van der Waals surface area contributed by atoms with Crippen molar-refractivity contribution < 1.29 is 31.1 Å². The Morgan fingerprint density at radius 2 is 1.61 bits per heavy atom. The number of para-hydroxylation sites is 1. The van der Waals surface area contributed by atoms with Crippen molar-refractivity contribution in [2.75, 3.05) is 29.9 Å². The van der Waals surface area contributed by atoms with E-state index in [1.165, 1.54) is 6.07 Å². The van der Waals surface area contributed by atoms with E-state index in [2.05, 4.69) is 17.9 Å². The molecule has 1 atom stereocenters. The minimum Gasteiger partial charge on any atom is -0.355 e. The number of likely N-dealkylation sites (tertiary alicyclic amines) is 1. The molecule has 4 nitrogen and oxygen atoms in total. The molecule has 1 fully saturated rings. The number of benzene rings is 2. The standard InChI is InChI=1S/C22H21F6N3OS/c23-21(24,25)14-6-4-13(5-7-14)18(32)12-30-10-8-15(9-11-30)31-19-16(22(26,27)28)2-1-3-17(19)29-20(31)33/h1-7,15,20,29,33H,8-12H2. The highest BCUT2D eigenvalue weighted by molar-refractivity contribution is 7.81.